The number of methoxy groups -OCH3 is 1. The van der Waals surface area contributed by atoms with Gasteiger partial charge >= 0.3 is 0 Å². The summed E-state index contributed by atoms with van der Waals surface area (Å²) in [5.74, 6) is -0.146. The van der Waals surface area contributed by atoms with Gasteiger partial charge in [0.25, 0.3) is 5.91 Å². The summed E-state index contributed by atoms with van der Waals surface area (Å²) in [5.41, 5.74) is 0.452. The molecule has 1 aromatic carbocycles. The number of amides is 2. The number of hydrogen-bond acceptors (Lipinski definition) is 5. The Labute approximate surface area is 135 Å². The Kier molecular flexibility index (Phi) is 6.37. The van der Waals surface area contributed by atoms with E-state index in [1.54, 1.807) is 29.0 Å². The third kappa shape index (κ3) is 4.94. The van der Waals surface area contributed by atoms with Crippen LogP contribution in [0.15, 0.2) is 24.3 Å². The summed E-state index contributed by atoms with van der Waals surface area (Å²) in [5, 5.41) is 9.45. The van der Waals surface area contributed by atoms with Crippen LogP contribution in [0.4, 0.5) is 0 Å². The SMILES string of the molecule is COCCOCC(=O)N1CCN(C(=O)c2cccc(O)c2)CC1. The molecule has 1 heterocycles. The molecule has 1 aromatic rings. The average Bonchev–Trinajstić information content (AvgIpc) is 2.58. The molecule has 0 atom stereocenters. The second-order valence-corrected chi connectivity index (χ2v) is 5.27. The predicted octanol–water partition coefficient (Wildman–Crippen LogP) is 0.340. The van der Waals surface area contributed by atoms with Crippen LogP contribution in [0.5, 0.6) is 5.75 Å². The number of benzene rings is 1. The highest BCUT2D eigenvalue weighted by molar-refractivity contribution is 5.94. The Morgan fingerprint density at radius 2 is 1.83 bits per heavy atom. The molecule has 0 unspecified atom stereocenters. The van der Waals surface area contributed by atoms with Crippen LogP contribution in [0.25, 0.3) is 0 Å². The van der Waals surface area contributed by atoms with Crippen molar-refractivity contribution in [3.63, 3.8) is 0 Å². The van der Waals surface area contributed by atoms with Crippen molar-refractivity contribution in [1.82, 2.24) is 9.80 Å². The van der Waals surface area contributed by atoms with Crippen LogP contribution in [0.1, 0.15) is 10.4 Å². The Balaban J connectivity index is 1.79. The van der Waals surface area contributed by atoms with Crippen molar-refractivity contribution in [2.75, 3.05) is 53.1 Å². The van der Waals surface area contributed by atoms with Crippen molar-refractivity contribution >= 4 is 11.8 Å². The van der Waals surface area contributed by atoms with E-state index < -0.39 is 0 Å². The first kappa shape index (κ1) is 17.2. The quantitative estimate of drug-likeness (QED) is 0.764. The smallest absolute Gasteiger partial charge is 0.254 e. The lowest BCUT2D eigenvalue weighted by Gasteiger charge is -2.34. The maximum absolute atomic E-state index is 12.3. The Hall–Kier alpha value is -2.12. The van der Waals surface area contributed by atoms with E-state index in [1.807, 2.05) is 0 Å². The summed E-state index contributed by atoms with van der Waals surface area (Å²) in [6.45, 7) is 2.78. The van der Waals surface area contributed by atoms with Crippen molar-refractivity contribution in [3.8, 4) is 5.75 Å². The van der Waals surface area contributed by atoms with Crippen molar-refractivity contribution in [3.05, 3.63) is 29.8 Å². The van der Waals surface area contributed by atoms with Gasteiger partial charge in [-0.25, -0.2) is 0 Å². The minimum atomic E-state index is -0.135. The van der Waals surface area contributed by atoms with E-state index in [0.29, 0.717) is 45.0 Å². The van der Waals surface area contributed by atoms with Crippen LogP contribution in [-0.2, 0) is 14.3 Å². The minimum Gasteiger partial charge on any atom is -0.508 e. The monoisotopic (exact) mass is 322 g/mol. The number of aromatic hydroxyl groups is 1. The number of ether oxygens (including phenoxy) is 2. The topological polar surface area (TPSA) is 79.3 Å². The fraction of sp³-hybridized carbons (Fsp3) is 0.500. The molecule has 0 spiro atoms. The summed E-state index contributed by atoms with van der Waals surface area (Å²) < 4.78 is 10.1. The number of nitrogens with zero attached hydrogens (tertiary/aromatic N) is 2. The number of phenols is 1. The van der Waals surface area contributed by atoms with Crippen LogP contribution >= 0.6 is 0 Å². The van der Waals surface area contributed by atoms with Crippen molar-refractivity contribution in [1.29, 1.82) is 0 Å². The lowest BCUT2D eigenvalue weighted by Crippen LogP contribution is -2.51. The fourth-order valence-electron chi connectivity index (χ4n) is 2.37. The predicted molar refractivity (Wildman–Crippen MR) is 83.3 cm³/mol. The molecule has 7 nitrogen and oxygen atoms in total. The standard InChI is InChI=1S/C16H22N2O5/c1-22-9-10-23-12-15(20)17-5-7-18(8-6-17)16(21)13-3-2-4-14(19)11-13/h2-4,11,19H,5-10,12H2,1H3. The number of carbonyl (C=O) groups excluding carboxylic acids is 2. The Bertz CT molecular complexity index is 541. The zero-order valence-electron chi connectivity index (χ0n) is 13.2. The Morgan fingerprint density at radius 3 is 2.48 bits per heavy atom. The van der Waals surface area contributed by atoms with E-state index in [-0.39, 0.29) is 24.2 Å². The molecule has 0 aromatic heterocycles. The van der Waals surface area contributed by atoms with Crippen LogP contribution in [0.2, 0.25) is 0 Å². The third-order valence-corrected chi connectivity index (χ3v) is 3.67. The first-order valence-electron chi connectivity index (χ1n) is 7.54. The van der Waals surface area contributed by atoms with Crippen LogP contribution in [0.3, 0.4) is 0 Å². The highest BCUT2D eigenvalue weighted by Crippen LogP contribution is 2.14. The molecule has 2 amide bonds. The van der Waals surface area contributed by atoms with Gasteiger partial charge in [-0.05, 0) is 18.2 Å². The molecule has 1 saturated heterocycles. The molecule has 0 bridgehead atoms. The van der Waals surface area contributed by atoms with Crippen molar-refractivity contribution in [2.45, 2.75) is 0 Å². The molecule has 126 valence electrons. The van der Waals surface area contributed by atoms with Gasteiger partial charge in [0.05, 0.1) is 13.2 Å². The van der Waals surface area contributed by atoms with Gasteiger partial charge in [-0.1, -0.05) is 6.07 Å². The maximum Gasteiger partial charge on any atom is 0.254 e. The second-order valence-electron chi connectivity index (χ2n) is 5.27. The highest BCUT2D eigenvalue weighted by Gasteiger charge is 2.24. The summed E-state index contributed by atoms with van der Waals surface area (Å²) >= 11 is 0. The zero-order chi connectivity index (χ0) is 16.7. The van der Waals surface area contributed by atoms with Gasteiger partial charge in [-0.15, -0.1) is 0 Å². The number of carbonyl (C=O) groups is 2. The third-order valence-electron chi connectivity index (χ3n) is 3.67. The molecular formula is C16H22N2O5. The van der Waals surface area contributed by atoms with E-state index >= 15 is 0 Å². The van der Waals surface area contributed by atoms with Gasteiger partial charge in [0, 0.05) is 38.9 Å². The molecule has 23 heavy (non-hydrogen) atoms. The molecule has 1 aliphatic rings. The summed E-state index contributed by atoms with van der Waals surface area (Å²) in [7, 11) is 1.58. The molecule has 7 heteroatoms. The van der Waals surface area contributed by atoms with E-state index in [0.717, 1.165) is 0 Å². The van der Waals surface area contributed by atoms with E-state index in [1.165, 1.54) is 12.1 Å². The molecule has 1 fully saturated rings. The largest absolute Gasteiger partial charge is 0.508 e. The van der Waals surface area contributed by atoms with Gasteiger partial charge in [-0.3, -0.25) is 9.59 Å². The summed E-state index contributed by atoms with van der Waals surface area (Å²) in [4.78, 5) is 27.7. The van der Waals surface area contributed by atoms with Gasteiger partial charge < -0.3 is 24.4 Å². The van der Waals surface area contributed by atoms with Crippen molar-refractivity contribution < 1.29 is 24.2 Å². The fourth-order valence-corrected chi connectivity index (χ4v) is 2.37. The molecule has 0 saturated carbocycles. The first-order chi connectivity index (χ1) is 11.1. The maximum atomic E-state index is 12.3. The minimum absolute atomic E-state index is 0.0316. The summed E-state index contributed by atoms with van der Waals surface area (Å²) in [6, 6.07) is 6.28. The normalized spacial score (nSPS) is 14.8. The van der Waals surface area contributed by atoms with E-state index in [9.17, 15) is 14.7 Å². The van der Waals surface area contributed by atoms with Gasteiger partial charge in [-0.2, -0.15) is 0 Å². The van der Waals surface area contributed by atoms with Gasteiger partial charge in [0.2, 0.25) is 5.91 Å². The molecule has 1 aliphatic heterocycles. The molecule has 2 rings (SSSR count). The molecule has 0 radical (unpaired) electrons. The molecule has 0 aliphatic carbocycles. The number of phenolic OH excluding ortho intramolecular Hbond substituents is 1. The van der Waals surface area contributed by atoms with Gasteiger partial charge in [0.1, 0.15) is 12.4 Å². The zero-order valence-corrected chi connectivity index (χ0v) is 13.2. The Morgan fingerprint density at radius 1 is 1.13 bits per heavy atom. The van der Waals surface area contributed by atoms with Gasteiger partial charge in [0.15, 0.2) is 0 Å². The van der Waals surface area contributed by atoms with Crippen LogP contribution < -0.4 is 0 Å². The molecule has 1 N–H and O–H groups in total. The lowest BCUT2D eigenvalue weighted by atomic mass is 10.1. The number of piperazine rings is 1. The number of hydrogen-bond donors (Lipinski definition) is 1. The first-order valence-corrected chi connectivity index (χ1v) is 7.54. The van der Waals surface area contributed by atoms with Crippen LogP contribution in [-0.4, -0.2) is 79.8 Å². The molecular weight excluding hydrogens is 300 g/mol. The second kappa shape index (κ2) is 8.50. The van der Waals surface area contributed by atoms with Crippen LogP contribution in [0, 0.1) is 0 Å². The average molecular weight is 322 g/mol. The van der Waals surface area contributed by atoms with E-state index in [2.05, 4.69) is 0 Å². The van der Waals surface area contributed by atoms with E-state index in [4.69, 9.17) is 9.47 Å². The summed E-state index contributed by atoms with van der Waals surface area (Å²) in [6.07, 6.45) is 0. The van der Waals surface area contributed by atoms with Crippen molar-refractivity contribution in [2.24, 2.45) is 0 Å². The lowest BCUT2D eigenvalue weighted by molar-refractivity contribution is -0.138. The number of rotatable bonds is 6. The highest BCUT2D eigenvalue weighted by atomic mass is 16.5.